The number of halogens is 1. The van der Waals surface area contributed by atoms with Gasteiger partial charge in [-0.1, -0.05) is 23.7 Å². The van der Waals surface area contributed by atoms with Gasteiger partial charge in [-0.25, -0.2) is 9.59 Å². The molecule has 6 nitrogen and oxygen atoms in total. The van der Waals surface area contributed by atoms with E-state index >= 15 is 0 Å². The van der Waals surface area contributed by atoms with Crippen molar-refractivity contribution in [3.05, 3.63) is 87.2 Å². The van der Waals surface area contributed by atoms with Crippen molar-refractivity contribution in [3.63, 3.8) is 0 Å². The minimum Gasteiger partial charge on any atom is -0.478 e. The summed E-state index contributed by atoms with van der Waals surface area (Å²) in [6.45, 7) is 3.65. The first-order chi connectivity index (χ1) is 14.2. The van der Waals surface area contributed by atoms with E-state index in [0.717, 1.165) is 23.0 Å². The summed E-state index contributed by atoms with van der Waals surface area (Å²) in [5.41, 5.74) is 3.62. The lowest BCUT2D eigenvalue weighted by Crippen LogP contribution is -2.07. The van der Waals surface area contributed by atoms with Gasteiger partial charge in [-0.3, -0.25) is 0 Å². The number of nitrogens with zero attached hydrogens (tertiary/aromatic N) is 2. The molecule has 2 aromatic carbocycles. The zero-order chi connectivity index (χ0) is 22.0. The Bertz CT molecular complexity index is 1200. The summed E-state index contributed by atoms with van der Waals surface area (Å²) in [6, 6.07) is 14.9. The Hall–Kier alpha value is -3.82. The highest BCUT2D eigenvalue weighted by Gasteiger charge is 2.16. The molecule has 0 amide bonds. The van der Waals surface area contributed by atoms with E-state index in [2.05, 4.69) is 6.07 Å². The van der Waals surface area contributed by atoms with Crippen LogP contribution in [0.3, 0.4) is 0 Å². The van der Waals surface area contributed by atoms with Crippen LogP contribution in [0.4, 0.5) is 0 Å². The molecule has 7 heteroatoms. The first kappa shape index (κ1) is 20.9. The quantitative estimate of drug-likeness (QED) is 0.551. The summed E-state index contributed by atoms with van der Waals surface area (Å²) in [5.74, 6) is -2.42. The lowest BCUT2D eigenvalue weighted by atomic mass is 10.0. The van der Waals surface area contributed by atoms with Gasteiger partial charge in [0.05, 0.1) is 22.8 Å². The SMILES string of the molecule is Cc1cc(/C=C(/C#N)c2ccc(Cl)cc2)c(C)n1-c1cc(C(=O)O)cc(C(=O)O)c1. The highest BCUT2D eigenvalue weighted by Crippen LogP contribution is 2.27. The van der Waals surface area contributed by atoms with Crippen LogP contribution in [0.15, 0.2) is 48.5 Å². The van der Waals surface area contributed by atoms with Crippen LogP contribution < -0.4 is 0 Å². The molecule has 30 heavy (non-hydrogen) atoms. The maximum absolute atomic E-state index is 11.4. The number of aromatic nitrogens is 1. The molecule has 0 saturated carbocycles. The van der Waals surface area contributed by atoms with Crippen LogP contribution in [0.25, 0.3) is 17.3 Å². The third-order valence-electron chi connectivity index (χ3n) is 4.72. The van der Waals surface area contributed by atoms with Crippen molar-refractivity contribution in [2.75, 3.05) is 0 Å². The highest BCUT2D eigenvalue weighted by atomic mass is 35.5. The summed E-state index contributed by atoms with van der Waals surface area (Å²) >= 11 is 5.92. The fourth-order valence-corrected chi connectivity index (χ4v) is 3.41. The Balaban J connectivity index is 2.15. The third kappa shape index (κ3) is 4.12. The number of nitriles is 1. The van der Waals surface area contributed by atoms with E-state index in [-0.39, 0.29) is 11.1 Å². The Morgan fingerprint density at radius 3 is 2.03 bits per heavy atom. The molecule has 0 spiro atoms. The molecule has 0 radical (unpaired) electrons. The number of aryl methyl sites for hydroxylation is 1. The number of hydrogen-bond acceptors (Lipinski definition) is 3. The summed E-state index contributed by atoms with van der Waals surface area (Å²) in [6.07, 6.45) is 1.74. The molecule has 0 aliphatic carbocycles. The summed E-state index contributed by atoms with van der Waals surface area (Å²) in [7, 11) is 0. The maximum atomic E-state index is 11.4. The molecule has 1 aromatic heterocycles. The van der Waals surface area contributed by atoms with E-state index in [1.807, 2.05) is 19.9 Å². The van der Waals surface area contributed by atoms with Crippen LogP contribution >= 0.6 is 11.6 Å². The summed E-state index contributed by atoms with van der Waals surface area (Å²) < 4.78 is 1.77. The second-order valence-corrected chi connectivity index (χ2v) is 7.15. The van der Waals surface area contributed by atoms with Gasteiger partial charge < -0.3 is 14.8 Å². The van der Waals surface area contributed by atoms with Gasteiger partial charge in [0.15, 0.2) is 0 Å². The van der Waals surface area contributed by atoms with Crippen molar-refractivity contribution >= 4 is 35.2 Å². The molecule has 3 aromatic rings. The topological polar surface area (TPSA) is 103 Å². The van der Waals surface area contributed by atoms with E-state index in [9.17, 15) is 25.1 Å². The molecule has 0 fully saturated rings. The molecule has 0 aliphatic heterocycles. The molecular weight excluding hydrogens is 404 g/mol. The molecule has 3 rings (SSSR count). The van der Waals surface area contributed by atoms with Crippen LogP contribution in [0.1, 0.15) is 43.2 Å². The van der Waals surface area contributed by atoms with Gasteiger partial charge in [-0.05, 0) is 67.4 Å². The van der Waals surface area contributed by atoms with Crippen molar-refractivity contribution in [1.29, 1.82) is 5.26 Å². The monoisotopic (exact) mass is 420 g/mol. The number of carboxylic acid groups (broad SMARTS) is 2. The van der Waals surface area contributed by atoms with Gasteiger partial charge in [0.25, 0.3) is 0 Å². The highest BCUT2D eigenvalue weighted by molar-refractivity contribution is 6.30. The van der Waals surface area contributed by atoms with Crippen LogP contribution in [0.2, 0.25) is 5.02 Å². The molecule has 0 atom stereocenters. The fourth-order valence-electron chi connectivity index (χ4n) is 3.28. The molecule has 0 unspecified atom stereocenters. The average Bonchev–Trinajstić information content (AvgIpc) is 2.99. The van der Waals surface area contributed by atoms with Crippen LogP contribution in [-0.2, 0) is 0 Å². The predicted octanol–water partition coefficient (Wildman–Crippen LogP) is 5.21. The van der Waals surface area contributed by atoms with Gasteiger partial charge in [0.2, 0.25) is 0 Å². The van der Waals surface area contributed by atoms with Crippen molar-refractivity contribution in [2.45, 2.75) is 13.8 Å². The van der Waals surface area contributed by atoms with Crippen molar-refractivity contribution in [1.82, 2.24) is 4.57 Å². The smallest absolute Gasteiger partial charge is 0.335 e. The average molecular weight is 421 g/mol. The van der Waals surface area contributed by atoms with Crippen molar-refractivity contribution in [3.8, 4) is 11.8 Å². The van der Waals surface area contributed by atoms with E-state index < -0.39 is 11.9 Å². The Morgan fingerprint density at radius 2 is 1.53 bits per heavy atom. The third-order valence-corrected chi connectivity index (χ3v) is 4.97. The molecule has 150 valence electrons. The first-order valence-corrected chi connectivity index (χ1v) is 9.27. The minimum atomic E-state index is -1.21. The van der Waals surface area contributed by atoms with E-state index in [1.54, 1.807) is 34.9 Å². The molecule has 0 bridgehead atoms. The van der Waals surface area contributed by atoms with Crippen LogP contribution in [0, 0.1) is 25.2 Å². The normalized spacial score (nSPS) is 11.2. The van der Waals surface area contributed by atoms with Gasteiger partial charge in [-0.2, -0.15) is 5.26 Å². The molecular formula is C23H17ClN2O4. The zero-order valence-corrected chi connectivity index (χ0v) is 16.9. The van der Waals surface area contributed by atoms with Crippen molar-refractivity contribution in [2.24, 2.45) is 0 Å². The molecule has 0 saturated heterocycles. The maximum Gasteiger partial charge on any atom is 0.335 e. The summed E-state index contributed by atoms with van der Waals surface area (Å²) in [5, 5.41) is 28.9. The second kappa shape index (κ2) is 8.27. The number of hydrogen-bond donors (Lipinski definition) is 2. The lowest BCUT2D eigenvalue weighted by molar-refractivity contribution is 0.0696. The molecule has 1 heterocycles. The number of allylic oxidation sites excluding steroid dienone is 1. The number of benzene rings is 2. The van der Waals surface area contributed by atoms with Gasteiger partial charge >= 0.3 is 11.9 Å². The number of rotatable bonds is 5. The number of aromatic carboxylic acids is 2. The Labute approximate surface area is 177 Å². The fraction of sp³-hybridized carbons (Fsp3) is 0.0870. The van der Waals surface area contributed by atoms with Crippen molar-refractivity contribution < 1.29 is 19.8 Å². The van der Waals surface area contributed by atoms with Gasteiger partial charge in [0.1, 0.15) is 0 Å². The zero-order valence-electron chi connectivity index (χ0n) is 16.2. The standard InChI is InChI=1S/C23H17ClN2O4/c1-13-7-16(8-19(12-25)15-3-5-20(24)6-4-15)14(2)26(13)21-10-17(22(27)28)9-18(11-21)23(29)30/h3-11H,1-2H3,(H,27,28)(H,29,30)/b19-8-. The van der Waals surface area contributed by atoms with E-state index in [4.69, 9.17) is 11.6 Å². The lowest BCUT2D eigenvalue weighted by Gasteiger charge is -2.12. The van der Waals surface area contributed by atoms with Crippen LogP contribution in [-0.4, -0.2) is 26.7 Å². The second-order valence-electron chi connectivity index (χ2n) is 6.72. The van der Waals surface area contributed by atoms with Gasteiger partial charge in [-0.15, -0.1) is 0 Å². The number of carboxylic acids is 2. The molecule has 2 N–H and O–H groups in total. The minimum absolute atomic E-state index is 0.117. The van der Waals surface area contributed by atoms with Crippen LogP contribution in [0.5, 0.6) is 0 Å². The van der Waals surface area contributed by atoms with E-state index in [1.165, 1.54) is 12.1 Å². The predicted molar refractivity (Wildman–Crippen MR) is 114 cm³/mol. The Kier molecular flexibility index (Phi) is 5.77. The summed E-state index contributed by atoms with van der Waals surface area (Å²) in [4.78, 5) is 22.9. The number of carbonyl (C=O) groups is 2. The Morgan fingerprint density at radius 1 is 0.967 bits per heavy atom. The largest absolute Gasteiger partial charge is 0.478 e. The van der Waals surface area contributed by atoms with E-state index in [0.29, 0.717) is 21.8 Å². The molecule has 0 aliphatic rings. The first-order valence-electron chi connectivity index (χ1n) is 8.90. The van der Waals surface area contributed by atoms with Gasteiger partial charge in [0, 0.05) is 22.1 Å².